The molecule has 1 aliphatic heterocycles. The standard InChI is InChI=1S/C19H27FN6O/c1-15-11-26(12-18(27-15)16-5-7-17(20)8-6-16)19(21-2)22-9-3-4-10-25-13-23-24-14-25/h5-8,13-15,18H,3-4,9-12H2,1-2H3,(H,21,22). The zero-order chi connectivity index (χ0) is 19.1. The van der Waals surface area contributed by atoms with E-state index in [4.69, 9.17) is 4.74 Å². The van der Waals surface area contributed by atoms with Crippen molar-refractivity contribution < 1.29 is 9.13 Å². The van der Waals surface area contributed by atoms with E-state index in [1.54, 1.807) is 31.8 Å². The maximum Gasteiger partial charge on any atom is 0.193 e. The van der Waals surface area contributed by atoms with Crippen LogP contribution >= 0.6 is 0 Å². The summed E-state index contributed by atoms with van der Waals surface area (Å²) in [6.07, 6.45) is 5.51. The van der Waals surface area contributed by atoms with Crippen LogP contribution in [-0.2, 0) is 11.3 Å². The van der Waals surface area contributed by atoms with E-state index < -0.39 is 0 Å². The minimum Gasteiger partial charge on any atom is -0.367 e. The molecule has 2 heterocycles. The van der Waals surface area contributed by atoms with Gasteiger partial charge in [-0.2, -0.15) is 0 Å². The van der Waals surface area contributed by atoms with E-state index in [-0.39, 0.29) is 18.0 Å². The molecule has 7 nitrogen and oxygen atoms in total. The first kappa shape index (κ1) is 19.3. The molecular weight excluding hydrogens is 347 g/mol. The van der Waals surface area contributed by atoms with E-state index >= 15 is 0 Å². The van der Waals surface area contributed by atoms with E-state index in [9.17, 15) is 4.39 Å². The molecule has 1 aliphatic rings. The van der Waals surface area contributed by atoms with E-state index in [0.717, 1.165) is 44.0 Å². The number of nitrogens with one attached hydrogen (secondary N) is 1. The second-order valence-corrected chi connectivity index (χ2v) is 6.77. The number of hydrogen-bond donors (Lipinski definition) is 1. The number of hydrogen-bond acceptors (Lipinski definition) is 4. The van der Waals surface area contributed by atoms with Gasteiger partial charge in [0.15, 0.2) is 5.96 Å². The van der Waals surface area contributed by atoms with Crippen molar-refractivity contribution in [1.29, 1.82) is 0 Å². The van der Waals surface area contributed by atoms with Crippen molar-refractivity contribution in [3.63, 3.8) is 0 Å². The largest absolute Gasteiger partial charge is 0.367 e. The number of ether oxygens (including phenoxy) is 1. The topological polar surface area (TPSA) is 67.6 Å². The summed E-state index contributed by atoms with van der Waals surface area (Å²) in [7, 11) is 1.80. The van der Waals surface area contributed by atoms with Gasteiger partial charge in [0.25, 0.3) is 0 Å². The number of aromatic nitrogens is 3. The Morgan fingerprint density at radius 3 is 2.67 bits per heavy atom. The van der Waals surface area contributed by atoms with E-state index in [2.05, 4.69) is 32.3 Å². The number of rotatable bonds is 6. The van der Waals surface area contributed by atoms with Gasteiger partial charge in [-0.1, -0.05) is 12.1 Å². The molecule has 2 unspecified atom stereocenters. The van der Waals surface area contributed by atoms with E-state index in [1.165, 1.54) is 12.1 Å². The maximum absolute atomic E-state index is 13.2. The van der Waals surface area contributed by atoms with Crippen molar-refractivity contribution in [1.82, 2.24) is 25.0 Å². The predicted octanol–water partition coefficient (Wildman–Crippen LogP) is 2.23. The first-order valence-electron chi connectivity index (χ1n) is 9.34. The highest BCUT2D eigenvalue weighted by Crippen LogP contribution is 2.25. The summed E-state index contributed by atoms with van der Waals surface area (Å²) in [5, 5.41) is 11.1. The number of unbranched alkanes of at least 4 members (excludes halogenated alkanes) is 1. The van der Waals surface area contributed by atoms with Gasteiger partial charge in [-0.3, -0.25) is 4.99 Å². The van der Waals surface area contributed by atoms with Gasteiger partial charge in [0, 0.05) is 26.7 Å². The van der Waals surface area contributed by atoms with Gasteiger partial charge in [-0.25, -0.2) is 4.39 Å². The summed E-state index contributed by atoms with van der Waals surface area (Å²) < 4.78 is 21.2. The van der Waals surface area contributed by atoms with Crippen LogP contribution in [0, 0.1) is 5.82 Å². The van der Waals surface area contributed by atoms with Crippen LogP contribution < -0.4 is 5.32 Å². The first-order chi connectivity index (χ1) is 13.2. The zero-order valence-electron chi connectivity index (χ0n) is 15.9. The molecule has 0 saturated carbocycles. The fraction of sp³-hybridized carbons (Fsp3) is 0.526. The minimum absolute atomic E-state index is 0.0705. The van der Waals surface area contributed by atoms with Crippen molar-refractivity contribution in [2.75, 3.05) is 26.7 Å². The molecule has 27 heavy (non-hydrogen) atoms. The lowest BCUT2D eigenvalue weighted by molar-refractivity contribution is -0.0605. The summed E-state index contributed by atoms with van der Waals surface area (Å²) in [6, 6.07) is 6.53. The summed E-state index contributed by atoms with van der Waals surface area (Å²) in [5.41, 5.74) is 0.984. The summed E-state index contributed by atoms with van der Waals surface area (Å²) in [4.78, 5) is 6.64. The van der Waals surface area contributed by atoms with Gasteiger partial charge in [-0.05, 0) is 37.5 Å². The highest BCUT2D eigenvalue weighted by atomic mass is 19.1. The molecule has 8 heteroatoms. The maximum atomic E-state index is 13.2. The smallest absolute Gasteiger partial charge is 0.193 e. The molecule has 1 fully saturated rings. The first-order valence-corrected chi connectivity index (χ1v) is 9.34. The van der Waals surface area contributed by atoms with Crippen LogP contribution in [0.2, 0.25) is 0 Å². The van der Waals surface area contributed by atoms with Crippen molar-refractivity contribution in [2.45, 2.75) is 38.5 Å². The van der Waals surface area contributed by atoms with Gasteiger partial charge >= 0.3 is 0 Å². The number of aryl methyl sites for hydroxylation is 1. The minimum atomic E-state index is -0.233. The normalized spacial score (nSPS) is 20.7. The Hall–Kier alpha value is -2.48. The summed E-state index contributed by atoms with van der Waals surface area (Å²) in [5.74, 6) is 0.643. The molecule has 0 radical (unpaired) electrons. The molecule has 1 aromatic carbocycles. The van der Waals surface area contributed by atoms with Gasteiger partial charge in [0.2, 0.25) is 0 Å². The Morgan fingerprint density at radius 2 is 1.96 bits per heavy atom. The number of morpholine rings is 1. The zero-order valence-corrected chi connectivity index (χ0v) is 15.9. The van der Waals surface area contributed by atoms with Crippen LogP contribution in [0.1, 0.15) is 31.4 Å². The number of halogens is 1. The van der Waals surface area contributed by atoms with Crippen molar-refractivity contribution in [3.05, 3.63) is 48.3 Å². The quantitative estimate of drug-likeness (QED) is 0.477. The second kappa shape index (κ2) is 9.45. The third-order valence-corrected chi connectivity index (χ3v) is 4.61. The van der Waals surface area contributed by atoms with Crippen LogP contribution in [0.5, 0.6) is 0 Å². The van der Waals surface area contributed by atoms with Crippen LogP contribution in [0.15, 0.2) is 41.9 Å². The highest BCUT2D eigenvalue weighted by Gasteiger charge is 2.28. The Kier molecular flexibility index (Phi) is 6.75. The lowest BCUT2D eigenvalue weighted by atomic mass is 10.1. The molecule has 146 valence electrons. The SMILES string of the molecule is CN=C(NCCCCn1cnnc1)N1CC(C)OC(c2ccc(F)cc2)C1. The Bertz CT molecular complexity index is 718. The Balaban J connectivity index is 1.50. The summed E-state index contributed by atoms with van der Waals surface area (Å²) >= 11 is 0. The third-order valence-electron chi connectivity index (χ3n) is 4.61. The highest BCUT2D eigenvalue weighted by molar-refractivity contribution is 5.80. The Morgan fingerprint density at radius 1 is 1.22 bits per heavy atom. The molecule has 1 saturated heterocycles. The number of nitrogens with zero attached hydrogens (tertiary/aromatic N) is 5. The van der Waals surface area contributed by atoms with Gasteiger partial charge in [0.1, 0.15) is 24.6 Å². The molecule has 3 rings (SSSR count). The second-order valence-electron chi connectivity index (χ2n) is 6.77. The molecule has 0 amide bonds. The monoisotopic (exact) mass is 374 g/mol. The van der Waals surface area contributed by atoms with Gasteiger partial charge < -0.3 is 19.5 Å². The number of benzene rings is 1. The third kappa shape index (κ3) is 5.50. The summed E-state index contributed by atoms with van der Waals surface area (Å²) in [6.45, 7) is 5.28. The average Bonchev–Trinajstić information content (AvgIpc) is 3.18. The van der Waals surface area contributed by atoms with Gasteiger partial charge in [0.05, 0.1) is 12.6 Å². The lowest BCUT2D eigenvalue weighted by Gasteiger charge is -2.38. The fourth-order valence-electron chi connectivity index (χ4n) is 3.28. The fourth-order valence-corrected chi connectivity index (χ4v) is 3.28. The molecule has 2 atom stereocenters. The molecule has 0 spiro atoms. The molecule has 0 bridgehead atoms. The average molecular weight is 374 g/mol. The van der Waals surface area contributed by atoms with Gasteiger partial charge in [-0.15, -0.1) is 10.2 Å². The lowest BCUT2D eigenvalue weighted by Crippen LogP contribution is -2.50. The molecular formula is C19H27FN6O. The molecule has 2 aromatic rings. The van der Waals surface area contributed by atoms with E-state index in [1.807, 2.05) is 4.57 Å². The van der Waals surface area contributed by atoms with Crippen LogP contribution in [0.4, 0.5) is 4.39 Å². The molecule has 1 aromatic heterocycles. The predicted molar refractivity (Wildman–Crippen MR) is 102 cm³/mol. The molecule has 1 N–H and O–H groups in total. The van der Waals surface area contributed by atoms with Crippen molar-refractivity contribution in [2.24, 2.45) is 4.99 Å². The number of aliphatic imine (C=N–C) groups is 1. The number of guanidine groups is 1. The van der Waals surface area contributed by atoms with Crippen LogP contribution in [0.25, 0.3) is 0 Å². The Labute approximate surface area is 159 Å². The van der Waals surface area contributed by atoms with E-state index in [0.29, 0.717) is 6.54 Å². The van der Waals surface area contributed by atoms with Crippen molar-refractivity contribution in [3.8, 4) is 0 Å². The van der Waals surface area contributed by atoms with Crippen molar-refractivity contribution >= 4 is 5.96 Å². The van der Waals surface area contributed by atoms with Crippen LogP contribution in [-0.4, -0.2) is 58.4 Å². The van der Waals surface area contributed by atoms with Crippen LogP contribution in [0.3, 0.4) is 0 Å². The molecule has 0 aliphatic carbocycles.